The van der Waals surface area contributed by atoms with E-state index in [1.807, 2.05) is 0 Å². The van der Waals surface area contributed by atoms with E-state index >= 15 is 0 Å². The summed E-state index contributed by atoms with van der Waals surface area (Å²) in [6.07, 6.45) is 1.55. The van der Waals surface area contributed by atoms with Gasteiger partial charge in [-0.2, -0.15) is 0 Å². The van der Waals surface area contributed by atoms with Gasteiger partial charge in [0.15, 0.2) is 5.52 Å². The van der Waals surface area contributed by atoms with Gasteiger partial charge in [-0.05, 0) is 0 Å². The summed E-state index contributed by atoms with van der Waals surface area (Å²) in [5.41, 5.74) is 6.29. The molecule has 0 saturated carbocycles. The lowest BCUT2D eigenvalue weighted by molar-refractivity contribution is 0.0358. The third-order valence-electron chi connectivity index (χ3n) is 2.31. The van der Waals surface area contributed by atoms with E-state index in [4.69, 9.17) is 15.2 Å². The van der Waals surface area contributed by atoms with Crippen LogP contribution in [0.15, 0.2) is 17.2 Å². The van der Waals surface area contributed by atoms with Crippen LogP contribution in [-0.4, -0.2) is 34.9 Å². The van der Waals surface area contributed by atoms with Crippen molar-refractivity contribution >= 4 is 16.9 Å². The maximum Gasteiger partial charge on any atom is 0.277 e. The van der Waals surface area contributed by atoms with E-state index in [2.05, 4.69) is 9.97 Å². The van der Waals surface area contributed by atoms with Gasteiger partial charge in [0.05, 0.1) is 25.1 Å². The third-order valence-corrected chi connectivity index (χ3v) is 2.31. The molecule has 0 aliphatic heterocycles. The second-order valence-corrected chi connectivity index (χ2v) is 3.53. The predicted octanol–water partition coefficient (Wildman–Crippen LogP) is -0.0727. The van der Waals surface area contributed by atoms with Crippen LogP contribution < -0.4 is 11.3 Å². The number of fused-ring (bicyclic) bond motifs is 1. The van der Waals surface area contributed by atoms with Crippen molar-refractivity contribution < 1.29 is 9.47 Å². The van der Waals surface area contributed by atoms with Crippen molar-refractivity contribution in [3.05, 3.63) is 22.7 Å². The van der Waals surface area contributed by atoms with Gasteiger partial charge >= 0.3 is 0 Å². The van der Waals surface area contributed by atoms with Crippen LogP contribution in [0.25, 0.3) is 11.0 Å². The topological polar surface area (TPSA) is 95.2 Å². The van der Waals surface area contributed by atoms with Crippen LogP contribution >= 0.6 is 0 Å². The molecule has 0 bridgehead atoms. The summed E-state index contributed by atoms with van der Waals surface area (Å²) in [6, 6.07) is 1.66. The third kappa shape index (κ3) is 2.45. The molecule has 17 heavy (non-hydrogen) atoms. The molecule has 0 saturated heterocycles. The average molecular weight is 238 g/mol. The van der Waals surface area contributed by atoms with E-state index in [0.717, 1.165) is 0 Å². The summed E-state index contributed by atoms with van der Waals surface area (Å²) in [5.74, 6) is 0.307. The number of imidazole rings is 1. The highest BCUT2D eigenvalue weighted by Crippen LogP contribution is 2.10. The minimum Gasteiger partial charge on any atom is -0.385 e. The van der Waals surface area contributed by atoms with E-state index in [1.165, 1.54) is 0 Å². The highest BCUT2D eigenvalue weighted by atomic mass is 16.5. The highest BCUT2D eigenvalue weighted by molar-refractivity contribution is 5.76. The van der Waals surface area contributed by atoms with Crippen molar-refractivity contribution in [1.82, 2.24) is 14.5 Å². The van der Waals surface area contributed by atoms with Gasteiger partial charge in [-0.1, -0.05) is 0 Å². The van der Waals surface area contributed by atoms with Crippen molar-refractivity contribution in [2.24, 2.45) is 0 Å². The first-order valence-corrected chi connectivity index (χ1v) is 5.12. The van der Waals surface area contributed by atoms with Crippen LogP contribution in [0.2, 0.25) is 0 Å². The fourth-order valence-electron chi connectivity index (χ4n) is 1.50. The quantitative estimate of drug-likeness (QED) is 0.711. The molecule has 2 aromatic heterocycles. The molecule has 2 heterocycles. The Labute approximate surface area is 97.2 Å². The number of hydrogen-bond donors (Lipinski definition) is 2. The Balaban J connectivity index is 2.21. The molecule has 0 amide bonds. The van der Waals surface area contributed by atoms with Crippen molar-refractivity contribution in [1.29, 1.82) is 0 Å². The highest BCUT2D eigenvalue weighted by Gasteiger charge is 2.06. The minimum atomic E-state index is -0.296. The van der Waals surface area contributed by atoms with Gasteiger partial charge in [0.1, 0.15) is 12.5 Å². The average Bonchev–Trinajstić information content (AvgIpc) is 2.68. The molecule has 0 aliphatic rings. The Morgan fingerprint density at radius 2 is 2.35 bits per heavy atom. The second-order valence-electron chi connectivity index (χ2n) is 3.53. The Morgan fingerprint density at radius 3 is 3.12 bits per heavy atom. The molecule has 2 aromatic rings. The first-order chi connectivity index (χ1) is 8.22. The Hall–Kier alpha value is -1.86. The maximum absolute atomic E-state index is 11.5. The lowest BCUT2D eigenvalue weighted by atomic mass is 10.4. The Morgan fingerprint density at radius 1 is 1.53 bits per heavy atom. The van der Waals surface area contributed by atoms with Gasteiger partial charge in [-0.3, -0.25) is 4.79 Å². The number of nitrogens with zero attached hydrogens (tertiary/aromatic N) is 2. The van der Waals surface area contributed by atoms with E-state index in [0.29, 0.717) is 36.8 Å². The molecule has 7 nitrogen and oxygen atoms in total. The van der Waals surface area contributed by atoms with Crippen molar-refractivity contribution in [2.45, 2.75) is 6.73 Å². The molecule has 2 rings (SSSR count). The summed E-state index contributed by atoms with van der Waals surface area (Å²) in [7, 11) is 1.61. The number of rotatable bonds is 5. The molecular weight excluding hydrogens is 224 g/mol. The zero-order valence-corrected chi connectivity index (χ0v) is 9.47. The molecule has 0 fully saturated rings. The molecule has 92 valence electrons. The molecule has 0 aliphatic carbocycles. The summed E-state index contributed by atoms with van der Waals surface area (Å²) in [4.78, 5) is 18.0. The van der Waals surface area contributed by atoms with Crippen LogP contribution in [0.5, 0.6) is 0 Å². The number of ether oxygens (including phenoxy) is 2. The number of aromatic nitrogens is 3. The molecule has 0 spiro atoms. The first-order valence-electron chi connectivity index (χ1n) is 5.12. The predicted molar refractivity (Wildman–Crippen MR) is 62.6 cm³/mol. The molecule has 0 aromatic carbocycles. The minimum absolute atomic E-state index is 0.296. The number of nitrogen functional groups attached to an aromatic ring is 1. The van der Waals surface area contributed by atoms with E-state index in [-0.39, 0.29) is 5.56 Å². The number of aromatic amines is 1. The molecule has 3 N–H and O–H groups in total. The summed E-state index contributed by atoms with van der Waals surface area (Å²) >= 11 is 0. The summed E-state index contributed by atoms with van der Waals surface area (Å²) < 4.78 is 11.9. The van der Waals surface area contributed by atoms with Crippen LogP contribution in [-0.2, 0) is 16.2 Å². The number of H-pyrrole nitrogens is 1. The van der Waals surface area contributed by atoms with Crippen LogP contribution in [0.3, 0.4) is 0 Å². The second kappa shape index (κ2) is 4.98. The van der Waals surface area contributed by atoms with Gasteiger partial charge in [0, 0.05) is 13.2 Å². The number of pyridine rings is 1. The Kier molecular flexibility index (Phi) is 3.40. The van der Waals surface area contributed by atoms with Gasteiger partial charge in [-0.25, -0.2) is 4.98 Å². The van der Waals surface area contributed by atoms with E-state index < -0.39 is 0 Å². The van der Waals surface area contributed by atoms with Gasteiger partial charge in [0.25, 0.3) is 5.56 Å². The van der Waals surface area contributed by atoms with Crippen molar-refractivity contribution in [3.8, 4) is 0 Å². The van der Waals surface area contributed by atoms with Crippen LogP contribution in [0, 0.1) is 0 Å². The van der Waals surface area contributed by atoms with Gasteiger partial charge < -0.3 is 24.8 Å². The standard InChI is InChI=1S/C10H14N4O3/c1-16-2-3-17-6-14-5-12-9-7(14)4-8(11)13-10(9)15/h4-5H,2-3,6H2,1H3,(H3,11,13,15). The zero-order chi connectivity index (χ0) is 12.3. The SMILES string of the molecule is COCCOCn1cnc2c(=O)[nH]c(N)cc21. The first kappa shape index (κ1) is 11.6. The van der Waals surface area contributed by atoms with Crippen molar-refractivity contribution in [3.63, 3.8) is 0 Å². The molecule has 7 heteroatoms. The number of hydrogen-bond acceptors (Lipinski definition) is 5. The molecule has 0 atom stereocenters. The molecule has 0 radical (unpaired) electrons. The normalized spacial score (nSPS) is 11.1. The molecular formula is C10H14N4O3. The Bertz CT molecular complexity index is 560. The maximum atomic E-state index is 11.5. The smallest absolute Gasteiger partial charge is 0.277 e. The zero-order valence-electron chi connectivity index (χ0n) is 9.47. The molecule has 0 unspecified atom stereocenters. The van der Waals surface area contributed by atoms with Crippen molar-refractivity contribution in [2.75, 3.05) is 26.1 Å². The van der Waals surface area contributed by atoms with Crippen LogP contribution in [0.1, 0.15) is 0 Å². The fraction of sp³-hybridized carbons (Fsp3) is 0.400. The lowest BCUT2D eigenvalue weighted by Gasteiger charge is -2.05. The van der Waals surface area contributed by atoms with Crippen LogP contribution in [0.4, 0.5) is 5.82 Å². The fourth-order valence-corrected chi connectivity index (χ4v) is 1.50. The monoisotopic (exact) mass is 238 g/mol. The number of nitrogens with two attached hydrogens (primary N) is 1. The van der Waals surface area contributed by atoms with Gasteiger partial charge in [0.2, 0.25) is 0 Å². The largest absolute Gasteiger partial charge is 0.385 e. The van der Waals surface area contributed by atoms with Gasteiger partial charge in [-0.15, -0.1) is 0 Å². The summed E-state index contributed by atoms with van der Waals surface area (Å²) in [5, 5.41) is 0. The number of anilines is 1. The number of methoxy groups -OCH3 is 1. The lowest BCUT2D eigenvalue weighted by Crippen LogP contribution is -2.10. The number of nitrogens with one attached hydrogen (secondary N) is 1. The summed E-state index contributed by atoms with van der Waals surface area (Å²) in [6.45, 7) is 1.31. The van der Waals surface area contributed by atoms with E-state index in [1.54, 1.807) is 24.1 Å². The van der Waals surface area contributed by atoms with E-state index in [9.17, 15) is 4.79 Å².